The molecule has 2 bridgehead atoms. The Balaban J connectivity index is 0.000000186. The third-order valence-electron chi connectivity index (χ3n) is 26.3. The number of hydrogen-bond acceptors (Lipinski definition) is 25. The summed E-state index contributed by atoms with van der Waals surface area (Å²) in [5, 5.41) is 3.05. The molecule has 33 heteroatoms. The van der Waals surface area contributed by atoms with Crippen molar-refractivity contribution >= 4 is 74.8 Å². The van der Waals surface area contributed by atoms with Crippen molar-refractivity contribution in [2.75, 3.05) is 41.0 Å². The molecular weight excluding hydrogens is 1730 g/mol. The zero-order valence-corrected chi connectivity index (χ0v) is 80.1. The standard InChI is InChI=1S/C40H53F2N3O7.C38H49F2N3O7.C22H27F2N3O4/c1-11-13-14-25-26-17-23(26)18-30(25)50-32(46)20-27(38(4,5)6)36(47)45-21-31(22(3)33(45)37(48)52-39(7,8)9)51-35-34(40(41,42)12-2)43-28-16-15-24(49-10)19-29(28)44-35;1-20-29-19-43(31(20)35(46)50-37(5,6)7)34(45)25(36(2,3)4)18-30(44)48-28-16-21-15-24(21)23(28)11-9-10-14-38(39,40)32-33(49-29)42-27-17-22(47-8)12-13-26(27)41-32;1-7-22(23,24)18-19(27-15-10-13(29-6)8-9-14(15)26-18)30-16-11-25-17(12(16)2)20(28)31-21(3,4)5/h11-12,15-16,19,22-23,25-27,30-31,33H,1-2,13-14,17-18,20-21H2,3-10H3;10,12-14,17,20-21,23-25,28-29,31H,9,11,15-16,18-19H2,1-8H3;7-10,12,16-17,25H,1,11H2,2-6H3/b;14-10+;/t22-,23+,25-,26+,27-,30-,31+,33+;20-,21+,23-,24+,25-,28-,29+,31+;12-,16+,17+/m111/s1. The Kier molecular flexibility index (Phi) is 29.9. The highest BCUT2D eigenvalue weighted by Gasteiger charge is 2.59. The van der Waals surface area contributed by atoms with E-state index < -0.39 is 176 Å². The first-order chi connectivity index (χ1) is 62.1. The van der Waals surface area contributed by atoms with Crippen LogP contribution in [0, 0.1) is 75.9 Å². The van der Waals surface area contributed by atoms with Crippen LogP contribution in [0.15, 0.2) is 105 Å². The summed E-state index contributed by atoms with van der Waals surface area (Å²) in [6, 6.07) is 11.3. The molecule has 4 aliphatic heterocycles. The third kappa shape index (κ3) is 23.6. The predicted molar refractivity (Wildman–Crippen MR) is 484 cm³/mol. The molecule has 3 aromatic heterocycles. The van der Waals surface area contributed by atoms with E-state index in [0.717, 1.165) is 44.6 Å². The average molecular weight is 1860 g/mol. The topological polar surface area (TPSA) is 317 Å². The number of methoxy groups -OCH3 is 3. The van der Waals surface area contributed by atoms with Crippen LogP contribution in [0.4, 0.5) is 26.3 Å². The number of carbonyl (C=O) groups excluding carboxylic acids is 7. The molecule has 4 aliphatic carbocycles. The van der Waals surface area contributed by atoms with E-state index >= 15 is 17.6 Å². The maximum Gasteiger partial charge on any atom is 0.329 e. The van der Waals surface area contributed by atoms with Crippen molar-refractivity contribution in [1.29, 1.82) is 0 Å². The second-order valence-electron chi connectivity index (χ2n) is 41.6. The first-order valence-corrected chi connectivity index (χ1v) is 45.8. The number of aromatic nitrogens is 6. The lowest BCUT2D eigenvalue weighted by Crippen LogP contribution is -2.50. The van der Waals surface area contributed by atoms with Crippen molar-refractivity contribution < 1.29 is 112 Å². The van der Waals surface area contributed by atoms with E-state index in [1.54, 1.807) is 132 Å². The second-order valence-corrected chi connectivity index (χ2v) is 41.6. The van der Waals surface area contributed by atoms with Crippen LogP contribution in [-0.4, -0.2) is 188 Å². The molecule has 7 heterocycles. The summed E-state index contributed by atoms with van der Waals surface area (Å²) in [6.45, 7) is 42.4. The summed E-state index contributed by atoms with van der Waals surface area (Å²) >= 11 is 0. The number of halogens is 6. The fourth-order valence-electron chi connectivity index (χ4n) is 19.0. The van der Waals surface area contributed by atoms with Gasteiger partial charge in [0.1, 0.15) is 82.7 Å². The van der Waals surface area contributed by atoms with Crippen molar-refractivity contribution in [2.45, 2.75) is 272 Å². The number of allylic oxidation sites excluding steroid dienone is 5. The molecule has 0 unspecified atom stereocenters. The van der Waals surface area contributed by atoms with Crippen LogP contribution < -0.4 is 33.7 Å². The number of alkyl halides is 6. The molecule has 3 aromatic carbocycles. The quantitative estimate of drug-likeness (QED) is 0.0303. The van der Waals surface area contributed by atoms with E-state index in [4.69, 9.17) is 52.1 Å². The van der Waals surface area contributed by atoms with Gasteiger partial charge < -0.3 is 67.2 Å². The van der Waals surface area contributed by atoms with E-state index in [-0.39, 0.29) is 95.9 Å². The molecule has 14 rings (SSSR count). The first-order valence-electron chi connectivity index (χ1n) is 45.8. The highest BCUT2D eigenvalue weighted by molar-refractivity contribution is 5.91. The van der Waals surface area contributed by atoms with Crippen LogP contribution in [0.3, 0.4) is 0 Å². The number of ether oxygens (including phenoxy) is 11. The normalized spacial score (nSPS) is 27.4. The van der Waals surface area contributed by atoms with Gasteiger partial charge in [0.2, 0.25) is 29.5 Å². The van der Waals surface area contributed by atoms with Crippen LogP contribution in [0.1, 0.15) is 206 Å². The summed E-state index contributed by atoms with van der Waals surface area (Å²) in [6.07, 6.45) is 8.21. The van der Waals surface area contributed by atoms with Crippen LogP contribution in [0.5, 0.6) is 34.9 Å². The maximum absolute atomic E-state index is 16.2. The SMILES string of the molecule is C=CC(F)(F)c1nc2ccc(OC)cc2nc1O[C@H]1CN[C@H](C(=O)OC(C)(C)C)[C@@H]1C.C=CCC[C@@H]1[C@H]2C[C@H]2C[C@H]1OC(=O)C[C@H](C(=O)N1C[C@H](Oc2nc3cc(OC)ccc3nc2C(F)(F)C=C)[C@@H](C)[C@H]1C(=O)OC(C)(C)C)C(C)(C)C.COc1ccc2nc3c(nc2c1)O[C@H]1CN(C(=O)[C@H](C(C)(C)C)CC(=O)O[C@@H]2C[C@@H]4C[C@@H]4[C@H]2CC/C=C/C3(F)F)[C@H](C(=O)OC(C)(C)C)[C@@H]1C. The van der Waals surface area contributed by atoms with E-state index in [1.165, 1.54) is 43.3 Å². The largest absolute Gasteiger partial charge is 0.497 e. The number of nitrogens with one attached hydrogen (secondary N) is 1. The Morgan fingerprint density at radius 1 is 0.579 bits per heavy atom. The number of likely N-dealkylation sites (tertiary alicyclic amines) is 1. The smallest absolute Gasteiger partial charge is 0.329 e. The Labute approximate surface area is 773 Å². The van der Waals surface area contributed by atoms with Crippen LogP contribution in [-0.2, 0) is 75.0 Å². The number of esters is 5. The molecule has 1 N–H and O–H groups in total. The predicted octanol–water partition coefficient (Wildman–Crippen LogP) is 17.7. The molecule has 7 fully saturated rings. The molecule has 0 radical (unpaired) electrons. The van der Waals surface area contributed by atoms with Gasteiger partial charge in [-0.1, -0.05) is 87.6 Å². The van der Waals surface area contributed by atoms with Crippen molar-refractivity contribution in [3.8, 4) is 34.9 Å². The van der Waals surface area contributed by atoms with Gasteiger partial charge >= 0.3 is 47.6 Å². The minimum atomic E-state index is -3.61. The monoisotopic (exact) mass is 1860 g/mol. The van der Waals surface area contributed by atoms with Gasteiger partial charge in [0.05, 0.1) is 92.2 Å². The number of nitrogens with zero attached hydrogens (tertiary/aromatic N) is 8. The number of hydrogen-bond donors (Lipinski definition) is 1. The molecule has 724 valence electrons. The Hall–Kier alpha value is -10.7. The summed E-state index contributed by atoms with van der Waals surface area (Å²) in [5.41, 5.74) is -4.26. The Morgan fingerprint density at radius 2 is 1.09 bits per heavy atom. The fraction of sp³-hybridized carbons (Fsp3) is 0.610. The van der Waals surface area contributed by atoms with Crippen LogP contribution in [0.25, 0.3) is 33.1 Å². The minimum Gasteiger partial charge on any atom is -0.497 e. The summed E-state index contributed by atoms with van der Waals surface area (Å²) < 4.78 is 155. The zero-order chi connectivity index (χ0) is 97.6. The summed E-state index contributed by atoms with van der Waals surface area (Å²) in [7, 11) is 4.45. The molecule has 133 heavy (non-hydrogen) atoms. The van der Waals surface area contributed by atoms with Crippen molar-refractivity contribution in [3.63, 3.8) is 0 Å². The highest BCUT2D eigenvalue weighted by Crippen LogP contribution is 2.59. The number of fused-ring (bicyclic) bond motifs is 10. The molecular formula is C100H129F6N9O18. The fourth-order valence-corrected chi connectivity index (χ4v) is 19.0. The molecule has 2 amide bonds. The lowest BCUT2D eigenvalue weighted by Gasteiger charge is -2.35. The molecule has 3 saturated heterocycles. The molecule has 0 spiro atoms. The highest BCUT2D eigenvalue weighted by atomic mass is 19.3. The van der Waals surface area contributed by atoms with Gasteiger partial charge in [0.15, 0.2) is 17.1 Å². The van der Waals surface area contributed by atoms with Crippen molar-refractivity contribution in [1.82, 2.24) is 45.0 Å². The minimum absolute atomic E-state index is 0.0518. The second kappa shape index (κ2) is 39.3. The Bertz CT molecular complexity index is 5390. The number of amides is 2. The van der Waals surface area contributed by atoms with E-state index in [2.05, 4.69) is 55.0 Å². The van der Waals surface area contributed by atoms with Gasteiger partial charge in [-0.15, -0.1) is 6.58 Å². The van der Waals surface area contributed by atoms with E-state index in [0.29, 0.717) is 71.4 Å². The van der Waals surface area contributed by atoms with Gasteiger partial charge in [0.25, 0.3) is 0 Å². The van der Waals surface area contributed by atoms with Gasteiger partial charge in [0, 0.05) is 42.5 Å². The molecule has 19 atom stereocenters. The lowest BCUT2D eigenvalue weighted by atomic mass is 9.77. The average Bonchev–Trinajstić information content (AvgIpc) is 1.56. The lowest BCUT2D eigenvalue weighted by molar-refractivity contribution is -0.167. The number of carbonyl (C=O) groups is 7. The Morgan fingerprint density at radius 3 is 1.61 bits per heavy atom. The number of benzene rings is 3. The zero-order valence-electron chi connectivity index (χ0n) is 80.1. The van der Waals surface area contributed by atoms with Gasteiger partial charge in [-0.2, -0.15) is 26.3 Å². The molecule has 4 saturated carbocycles. The molecule has 27 nitrogen and oxygen atoms in total. The molecule has 8 aliphatic rings. The van der Waals surface area contributed by atoms with Gasteiger partial charge in [-0.25, -0.2) is 39.5 Å². The summed E-state index contributed by atoms with van der Waals surface area (Å²) in [4.78, 5) is 125. The third-order valence-corrected chi connectivity index (χ3v) is 26.3. The van der Waals surface area contributed by atoms with Crippen molar-refractivity contribution in [2.24, 2.45) is 75.9 Å². The van der Waals surface area contributed by atoms with Crippen LogP contribution >= 0.6 is 0 Å². The van der Waals surface area contributed by atoms with Gasteiger partial charge in [-0.05, 0) is 215 Å². The van der Waals surface area contributed by atoms with Crippen molar-refractivity contribution in [3.05, 3.63) is 122 Å². The molecule has 6 aromatic rings. The van der Waals surface area contributed by atoms with E-state index in [1.807, 2.05) is 47.6 Å². The maximum atomic E-state index is 16.2. The van der Waals surface area contributed by atoms with Gasteiger partial charge in [-0.3, -0.25) is 24.0 Å². The first kappa shape index (κ1) is 101. The van der Waals surface area contributed by atoms with Crippen LogP contribution in [0.2, 0.25) is 0 Å². The summed E-state index contributed by atoms with van der Waals surface area (Å²) in [5.74, 6) is -15.1. The van der Waals surface area contributed by atoms with E-state index in [9.17, 15) is 42.3 Å². The number of rotatable bonds is 21.